The van der Waals surface area contributed by atoms with E-state index < -0.39 is 0 Å². The van der Waals surface area contributed by atoms with Crippen LogP contribution in [-0.4, -0.2) is 61.3 Å². The predicted octanol–water partition coefficient (Wildman–Crippen LogP) is 4.69. The van der Waals surface area contributed by atoms with Crippen molar-refractivity contribution in [2.45, 2.75) is 19.5 Å². The van der Waals surface area contributed by atoms with Gasteiger partial charge in [0.2, 0.25) is 5.95 Å². The largest absolute Gasteiger partial charge is 0.493 e. The highest BCUT2D eigenvalue weighted by atomic mass is 16.5. The summed E-state index contributed by atoms with van der Waals surface area (Å²) in [4.78, 5) is 13.4. The lowest BCUT2D eigenvalue weighted by molar-refractivity contribution is 0.196. The van der Waals surface area contributed by atoms with Gasteiger partial charge in [-0.15, -0.1) is 0 Å². The van der Waals surface area contributed by atoms with Gasteiger partial charge in [0.1, 0.15) is 6.61 Å². The molecule has 0 saturated carbocycles. The number of piperazine rings is 1. The number of fused-ring (bicyclic) bond motifs is 1. The number of hydrogen-bond acceptors (Lipinski definition) is 7. The highest BCUT2D eigenvalue weighted by Crippen LogP contribution is 2.29. The first-order chi connectivity index (χ1) is 18.2. The van der Waals surface area contributed by atoms with Crippen LogP contribution in [0.15, 0.2) is 79.1 Å². The lowest BCUT2D eigenvalue weighted by atomic mass is 9.99. The molecule has 1 aliphatic rings. The molecule has 192 valence electrons. The Morgan fingerprint density at radius 3 is 2.49 bits per heavy atom. The zero-order valence-corrected chi connectivity index (χ0v) is 21.6. The maximum absolute atomic E-state index is 6.20. The zero-order chi connectivity index (χ0) is 25.5. The van der Waals surface area contributed by atoms with Crippen LogP contribution in [0.3, 0.4) is 0 Å². The monoisotopic (exact) mass is 497 g/mol. The van der Waals surface area contributed by atoms with Crippen LogP contribution in [0.1, 0.15) is 24.1 Å². The molecule has 5 rings (SSSR count). The van der Waals surface area contributed by atoms with E-state index in [0.717, 1.165) is 56.7 Å². The molecular formula is C30H35N5O2. The Bertz CT molecular complexity index is 1290. The first-order valence-corrected chi connectivity index (χ1v) is 13.0. The third-order valence-corrected chi connectivity index (χ3v) is 7.00. The summed E-state index contributed by atoms with van der Waals surface area (Å²) in [5.41, 5.74) is 2.47. The van der Waals surface area contributed by atoms with E-state index in [9.17, 15) is 0 Å². The van der Waals surface area contributed by atoms with Crippen molar-refractivity contribution in [1.82, 2.24) is 20.2 Å². The molecule has 4 aromatic rings. The van der Waals surface area contributed by atoms with Gasteiger partial charge in [0.15, 0.2) is 11.5 Å². The normalized spacial score (nSPS) is 15.0. The van der Waals surface area contributed by atoms with Crippen molar-refractivity contribution < 1.29 is 9.47 Å². The highest BCUT2D eigenvalue weighted by molar-refractivity contribution is 5.86. The van der Waals surface area contributed by atoms with Crippen LogP contribution < -0.4 is 19.7 Å². The van der Waals surface area contributed by atoms with Crippen LogP contribution in [0.4, 0.5) is 5.95 Å². The summed E-state index contributed by atoms with van der Waals surface area (Å²) in [5, 5.41) is 6.24. The van der Waals surface area contributed by atoms with E-state index in [1.807, 2.05) is 12.1 Å². The van der Waals surface area contributed by atoms with Crippen molar-refractivity contribution in [1.29, 1.82) is 0 Å². The van der Waals surface area contributed by atoms with E-state index in [1.165, 1.54) is 21.9 Å². The van der Waals surface area contributed by atoms with Gasteiger partial charge in [-0.25, -0.2) is 9.97 Å². The third kappa shape index (κ3) is 6.18. The van der Waals surface area contributed by atoms with Gasteiger partial charge in [-0.2, -0.15) is 0 Å². The number of nitrogens with zero attached hydrogens (tertiary/aromatic N) is 4. The first kappa shape index (κ1) is 25.0. The molecule has 3 aromatic carbocycles. The molecule has 2 heterocycles. The Hall–Kier alpha value is -3.68. The second-order valence-electron chi connectivity index (χ2n) is 9.38. The average molecular weight is 498 g/mol. The van der Waals surface area contributed by atoms with Crippen LogP contribution in [0.25, 0.3) is 10.8 Å². The standard InChI is InChI=1S/C30H35N5O2/c1-23(26-10-5-8-25-7-3-4-9-27(25)26)33-22-24-11-12-28(36-2)29(21-24)37-20-19-34-15-17-35(18-16-34)30-31-13-6-14-32-30/h3-14,21,23,33H,15-20,22H2,1-2H3/t23-/m1/s1. The topological polar surface area (TPSA) is 62.8 Å². The summed E-state index contributed by atoms with van der Waals surface area (Å²) in [6.07, 6.45) is 3.59. The van der Waals surface area contributed by atoms with Crippen molar-refractivity contribution in [3.63, 3.8) is 0 Å². The summed E-state index contributed by atoms with van der Waals surface area (Å²) < 4.78 is 11.8. The van der Waals surface area contributed by atoms with Gasteiger partial charge in [-0.05, 0) is 47.0 Å². The smallest absolute Gasteiger partial charge is 0.225 e. The lowest BCUT2D eigenvalue weighted by Crippen LogP contribution is -2.48. The number of rotatable bonds is 10. The van der Waals surface area contributed by atoms with E-state index in [0.29, 0.717) is 6.61 Å². The molecule has 1 saturated heterocycles. The zero-order valence-electron chi connectivity index (χ0n) is 21.6. The quantitative estimate of drug-likeness (QED) is 0.341. The van der Waals surface area contributed by atoms with Gasteiger partial charge in [0.05, 0.1) is 7.11 Å². The van der Waals surface area contributed by atoms with Gasteiger partial charge in [0, 0.05) is 57.7 Å². The molecule has 0 aliphatic carbocycles. The Labute approximate surface area is 219 Å². The number of methoxy groups -OCH3 is 1. The minimum atomic E-state index is 0.220. The van der Waals surface area contributed by atoms with Crippen LogP contribution >= 0.6 is 0 Å². The molecule has 0 amide bonds. The van der Waals surface area contributed by atoms with Crippen molar-refractivity contribution in [2.75, 3.05) is 51.3 Å². The lowest BCUT2D eigenvalue weighted by Gasteiger charge is -2.34. The van der Waals surface area contributed by atoms with Crippen molar-refractivity contribution in [3.05, 3.63) is 90.3 Å². The van der Waals surface area contributed by atoms with Crippen LogP contribution in [0.5, 0.6) is 11.5 Å². The highest BCUT2D eigenvalue weighted by Gasteiger charge is 2.19. The summed E-state index contributed by atoms with van der Waals surface area (Å²) in [7, 11) is 1.69. The second-order valence-corrected chi connectivity index (χ2v) is 9.38. The minimum absolute atomic E-state index is 0.220. The molecule has 7 nitrogen and oxygen atoms in total. The summed E-state index contributed by atoms with van der Waals surface area (Å²) in [6, 6.07) is 23.3. The molecule has 37 heavy (non-hydrogen) atoms. The van der Waals surface area contributed by atoms with Crippen molar-refractivity contribution in [2.24, 2.45) is 0 Å². The first-order valence-electron chi connectivity index (χ1n) is 13.0. The van der Waals surface area contributed by atoms with Gasteiger partial charge in [-0.3, -0.25) is 4.90 Å². The fourth-order valence-corrected chi connectivity index (χ4v) is 4.86. The van der Waals surface area contributed by atoms with Crippen LogP contribution in [-0.2, 0) is 6.54 Å². The number of nitrogens with one attached hydrogen (secondary N) is 1. The average Bonchev–Trinajstić information content (AvgIpc) is 2.96. The summed E-state index contributed by atoms with van der Waals surface area (Å²) >= 11 is 0. The molecule has 0 bridgehead atoms. The molecule has 1 aromatic heterocycles. The molecule has 1 atom stereocenters. The molecule has 7 heteroatoms. The van der Waals surface area contributed by atoms with Crippen molar-refractivity contribution in [3.8, 4) is 11.5 Å². The van der Waals surface area contributed by atoms with Gasteiger partial charge >= 0.3 is 0 Å². The maximum atomic E-state index is 6.20. The van der Waals surface area contributed by atoms with E-state index in [2.05, 4.69) is 86.6 Å². The summed E-state index contributed by atoms with van der Waals surface area (Å²) in [6.45, 7) is 8.21. The number of benzene rings is 3. The van der Waals surface area contributed by atoms with Crippen LogP contribution in [0, 0.1) is 0 Å². The number of hydrogen-bond donors (Lipinski definition) is 1. The van der Waals surface area contributed by atoms with Crippen molar-refractivity contribution >= 4 is 16.7 Å². The molecular weight excluding hydrogens is 462 g/mol. The minimum Gasteiger partial charge on any atom is -0.493 e. The fraction of sp³-hybridized carbons (Fsp3) is 0.333. The Balaban J connectivity index is 1.14. The SMILES string of the molecule is COc1ccc(CN[C@H](C)c2cccc3ccccc23)cc1OCCN1CCN(c2ncccn2)CC1. The molecule has 0 radical (unpaired) electrons. The Morgan fingerprint density at radius 2 is 1.68 bits per heavy atom. The van der Waals surface area contributed by atoms with E-state index in [4.69, 9.17) is 9.47 Å². The third-order valence-electron chi connectivity index (χ3n) is 7.00. The molecule has 1 aliphatic heterocycles. The van der Waals surface area contributed by atoms with Gasteiger partial charge in [-0.1, -0.05) is 48.5 Å². The fourth-order valence-electron chi connectivity index (χ4n) is 4.86. The number of ether oxygens (including phenoxy) is 2. The second kappa shape index (κ2) is 12.0. The summed E-state index contributed by atoms with van der Waals surface area (Å²) in [5.74, 6) is 2.36. The van der Waals surface area contributed by atoms with E-state index in [1.54, 1.807) is 19.5 Å². The molecule has 1 N–H and O–H groups in total. The molecule has 0 spiro atoms. The molecule has 0 unspecified atom stereocenters. The van der Waals surface area contributed by atoms with Gasteiger partial charge in [0.25, 0.3) is 0 Å². The number of anilines is 1. The molecule has 1 fully saturated rings. The number of aromatic nitrogens is 2. The maximum Gasteiger partial charge on any atom is 0.225 e. The Morgan fingerprint density at radius 1 is 0.892 bits per heavy atom. The van der Waals surface area contributed by atoms with Gasteiger partial charge < -0.3 is 19.7 Å². The van der Waals surface area contributed by atoms with E-state index in [-0.39, 0.29) is 6.04 Å². The predicted molar refractivity (Wildman–Crippen MR) is 148 cm³/mol. The Kier molecular flexibility index (Phi) is 8.13. The van der Waals surface area contributed by atoms with E-state index >= 15 is 0 Å². The van der Waals surface area contributed by atoms with Crippen LogP contribution in [0.2, 0.25) is 0 Å².